The summed E-state index contributed by atoms with van der Waals surface area (Å²) in [6.45, 7) is 0.272. The molecule has 0 fully saturated rings. The molecule has 0 aliphatic carbocycles. The van der Waals surface area contributed by atoms with E-state index in [9.17, 15) is 4.79 Å². The van der Waals surface area contributed by atoms with Crippen molar-refractivity contribution in [2.24, 2.45) is 5.16 Å². The van der Waals surface area contributed by atoms with Crippen molar-refractivity contribution in [1.29, 1.82) is 0 Å². The average molecular weight is 454 g/mol. The highest BCUT2D eigenvalue weighted by molar-refractivity contribution is 6.33. The highest BCUT2D eigenvalue weighted by Gasteiger charge is 2.27. The summed E-state index contributed by atoms with van der Waals surface area (Å²) in [6.07, 6.45) is 1.66. The normalized spacial score (nSPS) is 14.4. The zero-order valence-electron chi connectivity index (χ0n) is 16.5. The number of nitrogens with zero attached hydrogens (tertiary/aromatic N) is 1. The fourth-order valence-corrected chi connectivity index (χ4v) is 3.61. The highest BCUT2D eigenvalue weighted by atomic mass is 35.5. The van der Waals surface area contributed by atoms with Gasteiger partial charge in [0.15, 0.2) is 11.5 Å². The Morgan fingerprint density at radius 2 is 1.84 bits per heavy atom. The summed E-state index contributed by atoms with van der Waals surface area (Å²) < 4.78 is 11.4. The predicted molar refractivity (Wildman–Crippen MR) is 121 cm³/mol. The van der Waals surface area contributed by atoms with Gasteiger partial charge in [-0.1, -0.05) is 70.8 Å². The van der Waals surface area contributed by atoms with E-state index in [1.165, 1.54) is 7.11 Å². The van der Waals surface area contributed by atoms with Crippen LogP contribution in [0.4, 0.5) is 0 Å². The van der Waals surface area contributed by atoms with Gasteiger partial charge in [-0.2, -0.15) is 0 Å². The van der Waals surface area contributed by atoms with Crippen molar-refractivity contribution >= 4 is 41.0 Å². The molecule has 3 aromatic rings. The maximum absolute atomic E-state index is 12.3. The van der Waals surface area contributed by atoms with Crippen LogP contribution in [0.5, 0.6) is 11.5 Å². The number of hydrogen-bond donors (Lipinski definition) is 0. The molecule has 0 saturated carbocycles. The molecule has 7 heteroatoms. The minimum atomic E-state index is -0.532. The van der Waals surface area contributed by atoms with Gasteiger partial charge >= 0.3 is 5.97 Å². The molecule has 3 aromatic carbocycles. The van der Waals surface area contributed by atoms with Crippen LogP contribution in [-0.4, -0.2) is 18.8 Å². The van der Waals surface area contributed by atoms with Crippen LogP contribution in [0.2, 0.25) is 10.0 Å². The van der Waals surface area contributed by atoms with Gasteiger partial charge in [-0.25, -0.2) is 4.79 Å². The van der Waals surface area contributed by atoms with Crippen molar-refractivity contribution in [3.8, 4) is 11.5 Å². The molecule has 0 atom stereocenters. The Balaban J connectivity index is 1.63. The van der Waals surface area contributed by atoms with E-state index in [0.717, 1.165) is 11.1 Å². The molecule has 0 unspecified atom stereocenters. The van der Waals surface area contributed by atoms with E-state index in [-0.39, 0.29) is 6.61 Å². The van der Waals surface area contributed by atoms with Gasteiger partial charge in [0.05, 0.1) is 17.7 Å². The summed E-state index contributed by atoms with van der Waals surface area (Å²) in [5.74, 6) is 0.304. The van der Waals surface area contributed by atoms with Crippen molar-refractivity contribution in [3.63, 3.8) is 0 Å². The van der Waals surface area contributed by atoms with Crippen molar-refractivity contribution in [2.45, 2.75) is 6.61 Å². The van der Waals surface area contributed by atoms with Gasteiger partial charge in [-0.3, -0.25) is 0 Å². The van der Waals surface area contributed by atoms with E-state index >= 15 is 0 Å². The average Bonchev–Trinajstić information content (AvgIpc) is 3.13. The van der Waals surface area contributed by atoms with Crippen LogP contribution in [0.3, 0.4) is 0 Å². The third kappa shape index (κ3) is 4.74. The molecule has 0 saturated heterocycles. The van der Waals surface area contributed by atoms with Gasteiger partial charge in [0.2, 0.25) is 0 Å². The van der Waals surface area contributed by atoms with Gasteiger partial charge in [-0.15, -0.1) is 0 Å². The largest absolute Gasteiger partial charge is 0.493 e. The van der Waals surface area contributed by atoms with E-state index in [1.807, 2.05) is 48.5 Å². The summed E-state index contributed by atoms with van der Waals surface area (Å²) in [5.41, 5.74) is 3.11. The topological polar surface area (TPSA) is 57.1 Å². The molecular formula is C24H17Cl2NO4. The van der Waals surface area contributed by atoms with Crippen LogP contribution in [-0.2, 0) is 16.2 Å². The van der Waals surface area contributed by atoms with Crippen molar-refractivity contribution in [1.82, 2.24) is 0 Å². The number of halogens is 2. The Kier molecular flexibility index (Phi) is 6.26. The summed E-state index contributed by atoms with van der Waals surface area (Å²) in [5, 5.41) is 4.89. The SMILES string of the molecule is COc1cc(/C=C2\C(=O)ON=C2c2ccccc2)cc(Cl)c1OCc1cccc(Cl)c1. The number of methoxy groups -OCH3 is 1. The number of benzene rings is 3. The first kappa shape index (κ1) is 21.0. The summed E-state index contributed by atoms with van der Waals surface area (Å²) >= 11 is 12.5. The lowest BCUT2D eigenvalue weighted by Crippen LogP contribution is -2.06. The molecule has 0 amide bonds. The molecular weight excluding hydrogens is 437 g/mol. The van der Waals surface area contributed by atoms with E-state index in [2.05, 4.69) is 5.16 Å². The first-order valence-electron chi connectivity index (χ1n) is 9.37. The minimum absolute atomic E-state index is 0.272. The Morgan fingerprint density at radius 1 is 1.03 bits per heavy atom. The number of hydrogen-bond acceptors (Lipinski definition) is 5. The second-order valence-corrected chi connectivity index (χ2v) is 7.54. The first-order chi connectivity index (χ1) is 15.0. The van der Waals surface area contributed by atoms with Crippen LogP contribution in [0.1, 0.15) is 16.7 Å². The molecule has 156 valence electrons. The predicted octanol–water partition coefficient (Wildman–Crippen LogP) is 5.93. The zero-order valence-corrected chi connectivity index (χ0v) is 18.0. The lowest BCUT2D eigenvalue weighted by atomic mass is 10.0. The van der Waals surface area contributed by atoms with Gasteiger partial charge in [-0.05, 0) is 41.5 Å². The summed E-state index contributed by atoms with van der Waals surface area (Å²) in [4.78, 5) is 17.1. The molecule has 0 N–H and O–H groups in total. The maximum Gasteiger partial charge on any atom is 0.368 e. The molecule has 5 nitrogen and oxygen atoms in total. The molecule has 1 heterocycles. The number of carbonyl (C=O) groups is 1. The number of carbonyl (C=O) groups excluding carboxylic acids is 1. The molecule has 1 aliphatic rings. The first-order valence-corrected chi connectivity index (χ1v) is 10.1. The van der Waals surface area contributed by atoms with E-state index < -0.39 is 5.97 Å². The van der Waals surface area contributed by atoms with Crippen molar-refractivity contribution in [3.05, 3.63) is 99.0 Å². The van der Waals surface area contributed by atoms with Crippen LogP contribution < -0.4 is 9.47 Å². The molecule has 0 radical (unpaired) electrons. The Bertz CT molecular complexity index is 1190. The highest BCUT2D eigenvalue weighted by Crippen LogP contribution is 2.38. The Hall–Kier alpha value is -3.28. The fraction of sp³-hybridized carbons (Fsp3) is 0.0833. The van der Waals surface area contributed by atoms with E-state index in [0.29, 0.717) is 38.4 Å². The van der Waals surface area contributed by atoms with E-state index in [1.54, 1.807) is 24.3 Å². The lowest BCUT2D eigenvalue weighted by Gasteiger charge is -2.14. The smallest absolute Gasteiger partial charge is 0.368 e. The molecule has 0 bridgehead atoms. The van der Waals surface area contributed by atoms with Gasteiger partial charge in [0.1, 0.15) is 12.3 Å². The summed E-state index contributed by atoms with van der Waals surface area (Å²) in [7, 11) is 1.52. The van der Waals surface area contributed by atoms with Crippen LogP contribution in [0, 0.1) is 0 Å². The molecule has 0 aromatic heterocycles. The third-order valence-electron chi connectivity index (χ3n) is 4.58. The Morgan fingerprint density at radius 3 is 2.58 bits per heavy atom. The van der Waals surface area contributed by atoms with Gasteiger partial charge in [0.25, 0.3) is 0 Å². The molecule has 31 heavy (non-hydrogen) atoms. The quantitative estimate of drug-likeness (QED) is 0.343. The fourth-order valence-electron chi connectivity index (χ4n) is 3.13. The second-order valence-electron chi connectivity index (χ2n) is 6.70. The second kappa shape index (κ2) is 9.25. The van der Waals surface area contributed by atoms with Gasteiger partial charge in [0, 0.05) is 10.6 Å². The number of oxime groups is 1. The van der Waals surface area contributed by atoms with Crippen molar-refractivity contribution < 1.29 is 19.1 Å². The van der Waals surface area contributed by atoms with Crippen molar-refractivity contribution in [2.75, 3.05) is 7.11 Å². The lowest BCUT2D eigenvalue weighted by molar-refractivity contribution is -0.136. The van der Waals surface area contributed by atoms with E-state index in [4.69, 9.17) is 37.5 Å². The number of rotatable bonds is 6. The number of ether oxygens (including phenoxy) is 2. The monoisotopic (exact) mass is 453 g/mol. The minimum Gasteiger partial charge on any atom is -0.493 e. The summed E-state index contributed by atoms with van der Waals surface area (Å²) in [6, 6.07) is 20.1. The Labute approximate surface area is 189 Å². The van der Waals surface area contributed by atoms with Crippen LogP contribution in [0.15, 0.2) is 77.5 Å². The zero-order chi connectivity index (χ0) is 21.8. The molecule has 0 spiro atoms. The maximum atomic E-state index is 12.3. The third-order valence-corrected chi connectivity index (χ3v) is 5.09. The molecule has 1 aliphatic heterocycles. The molecule has 4 rings (SSSR count). The van der Waals surface area contributed by atoms with Gasteiger partial charge < -0.3 is 14.3 Å². The van der Waals surface area contributed by atoms with Crippen LogP contribution in [0.25, 0.3) is 6.08 Å². The van der Waals surface area contributed by atoms with Crippen LogP contribution >= 0.6 is 23.2 Å². The standard InChI is InChI=1S/C24H17Cl2NO4/c1-29-21-13-16(11-19-22(27-31-24(19)28)17-7-3-2-4-8-17)12-20(26)23(21)30-14-15-6-5-9-18(25)10-15/h2-13H,14H2,1H3/b19-11-.